The van der Waals surface area contributed by atoms with Crippen LogP contribution in [0.1, 0.15) is 40.7 Å². The van der Waals surface area contributed by atoms with Gasteiger partial charge in [-0.05, 0) is 44.1 Å². The zero-order valence-corrected chi connectivity index (χ0v) is 22.8. The molecule has 0 spiro atoms. The van der Waals surface area contributed by atoms with Gasteiger partial charge in [-0.1, -0.05) is 26.0 Å². The Kier molecular flexibility index (Phi) is 7.08. The standard InChI is InChI=1S/C24H32F3N3O6Si/c1-23(2,3)37(6,7)36-20-18(19-16(34-21(20)22(31)32)11-33-24(4,5)35-19)30-10-15(28-29-30)12-8-13(25)17(27)14(26)9-12/h8-10,16,18-21H,11H2,1-7H3,(H,31,32)/t16-,18+,19+,20-,21-/m1/s1. The van der Waals surface area contributed by atoms with Gasteiger partial charge < -0.3 is 23.7 Å². The highest BCUT2D eigenvalue weighted by Gasteiger charge is 2.57. The van der Waals surface area contributed by atoms with E-state index in [-0.39, 0.29) is 22.9 Å². The number of ether oxygens (including phenoxy) is 3. The van der Waals surface area contributed by atoms with Gasteiger partial charge in [-0.3, -0.25) is 0 Å². The van der Waals surface area contributed by atoms with Crippen LogP contribution < -0.4 is 0 Å². The molecule has 1 aromatic heterocycles. The maximum Gasteiger partial charge on any atom is 0.335 e. The van der Waals surface area contributed by atoms with Crippen LogP contribution in [0.2, 0.25) is 18.1 Å². The van der Waals surface area contributed by atoms with Crippen LogP contribution >= 0.6 is 0 Å². The number of fused-ring (bicyclic) bond motifs is 1. The molecule has 204 valence electrons. The molecule has 2 aliphatic rings. The number of benzene rings is 1. The van der Waals surface area contributed by atoms with Gasteiger partial charge in [0.15, 0.2) is 37.7 Å². The third-order valence-corrected chi connectivity index (χ3v) is 11.7. The number of hydrogen-bond donors (Lipinski definition) is 1. The molecule has 2 aromatic rings. The number of carboxylic acids is 1. The Morgan fingerprint density at radius 2 is 1.84 bits per heavy atom. The van der Waals surface area contributed by atoms with Crippen molar-refractivity contribution in [3.05, 3.63) is 35.8 Å². The van der Waals surface area contributed by atoms with E-state index in [2.05, 4.69) is 10.3 Å². The number of halogens is 3. The summed E-state index contributed by atoms with van der Waals surface area (Å²) in [5.41, 5.74) is 0.0289. The number of carbonyl (C=O) groups is 1. The van der Waals surface area contributed by atoms with E-state index in [4.69, 9.17) is 18.6 Å². The summed E-state index contributed by atoms with van der Waals surface area (Å²) < 4.78 is 67.2. The second kappa shape index (κ2) is 9.45. The molecule has 5 atom stereocenters. The average Bonchev–Trinajstić information content (AvgIpc) is 3.24. The Hall–Kier alpha value is -2.32. The minimum atomic E-state index is -2.56. The maximum atomic E-state index is 13.9. The van der Waals surface area contributed by atoms with Crippen LogP contribution in [0.25, 0.3) is 11.3 Å². The summed E-state index contributed by atoms with van der Waals surface area (Å²) in [5.74, 6) is -6.55. The summed E-state index contributed by atoms with van der Waals surface area (Å²) in [4.78, 5) is 12.4. The molecular formula is C24H32F3N3O6Si. The first-order valence-corrected chi connectivity index (χ1v) is 14.9. The molecule has 1 aromatic carbocycles. The van der Waals surface area contributed by atoms with Crippen molar-refractivity contribution in [3.63, 3.8) is 0 Å². The van der Waals surface area contributed by atoms with Crippen molar-refractivity contribution < 1.29 is 41.7 Å². The van der Waals surface area contributed by atoms with E-state index >= 15 is 0 Å². The molecular weight excluding hydrogens is 511 g/mol. The zero-order chi connectivity index (χ0) is 27.5. The Labute approximate surface area is 214 Å². The van der Waals surface area contributed by atoms with Gasteiger partial charge in [0.25, 0.3) is 0 Å². The van der Waals surface area contributed by atoms with E-state index in [1.54, 1.807) is 13.8 Å². The smallest absolute Gasteiger partial charge is 0.335 e. The zero-order valence-electron chi connectivity index (χ0n) is 21.8. The lowest BCUT2D eigenvalue weighted by Gasteiger charge is -2.52. The Bertz CT molecular complexity index is 1160. The lowest BCUT2D eigenvalue weighted by atomic mass is 9.91. The number of carboxylic acid groups (broad SMARTS) is 1. The SMILES string of the molecule is CC1(C)OC[C@H]2O[C@@H](C(=O)O)[C@H](O[Si](C)(C)C(C)(C)C)[C@@H](n3cc(-c4cc(F)c(F)c(F)c4)nn3)[C@H]2O1. The topological polar surface area (TPSA) is 105 Å². The molecule has 2 aliphatic heterocycles. The first kappa shape index (κ1) is 27.7. The van der Waals surface area contributed by atoms with Gasteiger partial charge in [-0.2, -0.15) is 0 Å². The Morgan fingerprint density at radius 1 is 1.22 bits per heavy atom. The van der Waals surface area contributed by atoms with E-state index < -0.39 is 68.0 Å². The van der Waals surface area contributed by atoms with Gasteiger partial charge in [0, 0.05) is 5.56 Å². The largest absolute Gasteiger partial charge is 0.479 e. The molecule has 2 saturated heterocycles. The van der Waals surface area contributed by atoms with E-state index in [1.165, 1.54) is 10.9 Å². The van der Waals surface area contributed by atoms with E-state index in [0.717, 1.165) is 12.1 Å². The van der Waals surface area contributed by atoms with E-state index in [9.17, 15) is 23.1 Å². The molecule has 9 nitrogen and oxygen atoms in total. The second-order valence-corrected chi connectivity index (χ2v) is 16.2. The van der Waals surface area contributed by atoms with Crippen LogP contribution in [0.15, 0.2) is 18.3 Å². The van der Waals surface area contributed by atoms with Crippen LogP contribution in [-0.4, -0.2) is 71.2 Å². The first-order chi connectivity index (χ1) is 17.0. The molecule has 0 saturated carbocycles. The summed E-state index contributed by atoms with van der Waals surface area (Å²) in [5, 5.41) is 18.0. The molecule has 0 bridgehead atoms. The van der Waals surface area contributed by atoms with Gasteiger partial charge in [0.1, 0.15) is 30.0 Å². The molecule has 1 N–H and O–H groups in total. The lowest BCUT2D eigenvalue weighted by molar-refractivity contribution is -0.345. The maximum absolute atomic E-state index is 13.9. The van der Waals surface area contributed by atoms with E-state index in [0.29, 0.717) is 0 Å². The highest BCUT2D eigenvalue weighted by atomic mass is 28.4. The third-order valence-electron chi connectivity index (χ3n) is 7.25. The van der Waals surface area contributed by atoms with Gasteiger partial charge in [0.2, 0.25) is 0 Å². The van der Waals surface area contributed by atoms with Crippen molar-refractivity contribution in [3.8, 4) is 11.3 Å². The molecule has 0 unspecified atom stereocenters. The molecule has 2 fully saturated rings. The van der Waals surface area contributed by atoms with Crippen LogP contribution in [0.3, 0.4) is 0 Å². The summed E-state index contributed by atoms with van der Waals surface area (Å²) in [6, 6.07) is 0.794. The van der Waals surface area contributed by atoms with Gasteiger partial charge in [-0.25, -0.2) is 22.6 Å². The van der Waals surface area contributed by atoms with E-state index in [1.807, 2.05) is 33.9 Å². The Morgan fingerprint density at radius 3 is 2.41 bits per heavy atom. The summed E-state index contributed by atoms with van der Waals surface area (Å²) >= 11 is 0. The quantitative estimate of drug-likeness (QED) is 0.440. The minimum absolute atomic E-state index is 0.0314. The number of aromatic nitrogens is 3. The van der Waals surface area contributed by atoms with Crippen molar-refractivity contribution >= 4 is 14.3 Å². The fourth-order valence-corrected chi connectivity index (χ4v) is 5.56. The summed E-state index contributed by atoms with van der Waals surface area (Å²) in [6.45, 7) is 13.6. The van der Waals surface area contributed by atoms with Crippen molar-refractivity contribution in [1.82, 2.24) is 15.0 Å². The van der Waals surface area contributed by atoms with Crippen LogP contribution in [-0.2, 0) is 23.4 Å². The van der Waals surface area contributed by atoms with Crippen molar-refractivity contribution in [2.75, 3.05) is 6.61 Å². The van der Waals surface area contributed by atoms with Crippen molar-refractivity contribution in [1.29, 1.82) is 0 Å². The highest BCUT2D eigenvalue weighted by Crippen LogP contribution is 2.44. The molecule has 37 heavy (non-hydrogen) atoms. The predicted molar refractivity (Wildman–Crippen MR) is 128 cm³/mol. The minimum Gasteiger partial charge on any atom is -0.479 e. The number of nitrogens with zero attached hydrogens (tertiary/aromatic N) is 3. The molecule has 0 aliphatic carbocycles. The Balaban J connectivity index is 1.82. The van der Waals surface area contributed by atoms with Crippen LogP contribution in [0, 0.1) is 17.5 Å². The van der Waals surface area contributed by atoms with Crippen molar-refractivity contribution in [2.45, 2.75) is 89.0 Å². The lowest BCUT2D eigenvalue weighted by Crippen LogP contribution is -2.65. The van der Waals surface area contributed by atoms with Gasteiger partial charge in [0.05, 0.1) is 12.8 Å². The predicted octanol–water partition coefficient (Wildman–Crippen LogP) is 4.30. The highest BCUT2D eigenvalue weighted by molar-refractivity contribution is 6.74. The molecule has 0 radical (unpaired) electrons. The first-order valence-electron chi connectivity index (χ1n) is 12.0. The fourth-order valence-electron chi connectivity index (χ4n) is 4.26. The van der Waals surface area contributed by atoms with Crippen LogP contribution in [0.5, 0.6) is 0 Å². The summed E-state index contributed by atoms with van der Waals surface area (Å²) in [7, 11) is -2.56. The van der Waals surface area contributed by atoms with Crippen LogP contribution in [0.4, 0.5) is 13.2 Å². The molecule has 13 heteroatoms. The number of hydrogen-bond acceptors (Lipinski definition) is 7. The number of rotatable bonds is 5. The normalized spacial score (nSPS) is 28.1. The van der Waals surface area contributed by atoms with Gasteiger partial charge in [-0.15, -0.1) is 5.10 Å². The number of aliphatic carboxylic acids is 1. The molecule has 0 amide bonds. The van der Waals surface area contributed by atoms with Gasteiger partial charge >= 0.3 is 5.97 Å². The summed E-state index contributed by atoms with van der Waals surface area (Å²) in [6.07, 6.45) is -2.50. The van der Waals surface area contributed by atoms with Crippen molar-refractivity contribution in [2.24, 2.45) is 0 Å². The molecule has 3 heterocycles. The molecule has 4 rings (SSSR count). The fraction of sp³-hybridized carbons (Fsp3) is 0.625. The second-order valence-electron chi connectivity index (χ2n) is 11.4. The average molecular weight is 544 g/mol. The monoisotopic (exact) mass is 543 g/mol. The third kappa shape index (κ3) is 5.32.